The first-order chi connectivity index (χ1) is 7.28. The molecule has 2 rings (SSSR count). The number of rotatable bonds is 3. The molecule has 15 heavy (non-hydrogen) atoms. The highest BCUT2D eigenvalue weighted by Gasteiger charge is 2.00. The van der Waals surface area contributed by atoms with Crippen molar-refractivity contribution in [2.45, 2.75) is 13.0 Å². The fraction of sp³-hybridized carbons (Fsp3) is 0.167. The van der Waals surface area contributed by atoms with Gasteiger partial charge in [0.2, 0.25) is 0 Å². The summed E-state index contributed by atoms with van der Waals surface area (Å²) in [6, 6.07) is 12.4. The van der Waals surface area contributed by atoms with E-state index < -0.39 is 0 Å². The van der Waals surface area contributed by atoms with Crippen LogP contribution in [0.1, 0.15) is 16.0 Å². The molecule has 0 radical (unpaired) electrons. The predicted octanol–water partition coefficient (Wildman–Crippen LogP) is 3.45. The fourth-order valence-electron chi connectivity index (χ4n) is 1.51. The summed E-state index contributed by atoms with van der Waals surface area (Å²) < 4.78 is 0.847. The van der Waals surface area contributed by atoms with Crippen molar-refractivity contribution in [1.82, 2.24) is 0 Å². The van der Waals surface area contributed by atoms with Gasteiger partial charge in [0, 0.05) is 17.8 Å². The van der Waals surface area contributed by atoms with Crippen LogP contribution < -0.4 is 5.73 Å². The second-order valence-corrected chi connectivity index (χ2v) is 5.21. The van der Waals surface area contributed by atoms with Crippen LogP contribution in [0, 0.1) is 0 Å². The normalized spacial score (nSPS) is 10.5. The average molecular weight is 238 g/mol. The molecule has 0 aliphatic heterocycles. The Balaban J connectivity index is 2.16. The third-order valence-corrected chi connectivity index (χ3v) is 3.47. The van der Waals surface area contributed by atoms with E-state index in [0.717, 1.165) is 10.8 Å². The monoisotopic (exact) mass is 237 g/mol. The Hall–Kier alpha value is -0.830. The zero-order chi connectivity index (χ0) is 10.7. The summed E-state index contributed by atoms with van der Waals surface area (Å²) in [4.78, 5) is 1.29. The molecular weight excluding hydrogens is 226 g/mol. The van der Waals surface area contributed by atoms with Gasteiger partial charge in [-0.1, -0.05) is 35.9 Å². The Morgan fingerprint density at radius 1 is 1.13 bits per heavy atom. The van der Waals surface area contributed by atoms with E-state index >= 15 is 0 Å². The van der Waals surface area contributed by atoms with E-state index in [1.807, 2.05) is 18.2 Å². The molecule has 78 valence electrons. The van der Waals surface area contributed by atoms with E-state index in [-0.39, 0.29) is 0 Å². The summed E-state index contributed by atoms with van der Waals surface area (Å²) in [6.45, 7) is 0.596. The van der Waals surface area contributed by atoms with Crippen LogP contribution in [-0.4, -0.2) is 0 Å². The standard InChI is InChI=1S/C12H12ClNS/c13-12-5-4-11(15-12)7-9-2-1-3-10(6-9)8-14/h1-6H,7-8,14H2. The molecule has 0 unspecified atom stereocenters. The molecule has 1 nitrogen and oxygen atoms in total. The zero-order valence-electron chi connectivity index (χ0n) is 8.24. The molecule has 1 aromatic heterocycles. The van der Waals surface area contributed by atoms with Crippen molar-refractivity contribution in [2.24, 2.45) is 5.73 Å². The molecule has 0 fully saturated rings. The van der Waals surface area contributed by atoms with Crippen LogP contribution >= 0.6 is 22.9 Å². The van der Waals surface area contributed by atoms with Gasteiger partial charge in [-0.15, -0.1) is 11.3 Å². The smallest absolute Gasteiger partial charge is 0.0931 e. The lowest BCUT2D eigenvalue weighted by molar-refractivity contribution is 1.06. The maximum Gasteiger partial charge on any atom is 0.0931 e. The van der Waals surface area contributed by atoms with Crippen LogP contribution in [0.4, 0.5) is 0 Å². The summed E-state index contributed by atoms with van der Waals surface area (Å²) in [6.07, 6.45) is 0.936. The summed E-state index contributed by atoms with van der Waals surface area (Å²) in [5.41, 5.74) is 8.06. The number of thiophene rings is 1. The van der Waals surface area contributed by atoms with E-state index in [4.69, 9.17) is 17.3 Å². The van der Waals surface area contributed by atoms with Crippen LogP contribution in [0.25, 0.3) is 0 Å². The quantitative estimate of drug-likeness (QED) is 0.870. The fourth-order valence-corrected chi connectivity index (χ4v) is 2.64. The van der Waals surface area contributed by atoms with Crippen LogP contribution in [-0.2, 0) is 13.0 Å². The van der Waals surface area contributed by atoms with Gasteiger partial charge in [-0.05, 0) is 23.3 Å². The molecule has 2 aromatic rings. The first kappa shape index (κ1) is 10.7. The molecule has 0 saturated heterocycles. The van der Waals surface area contributed by atoms with Gasteiger partial charge >= 0.3 is 0 Å². The second kappa shape index (κ2) is 4.79. The minimum atomic E-state index is 0.596. The maximum absolute atomic E-state index is 5.88. The highest BCUT2D eigenvalue weighted by atomic mass is 35.5. The molecule has 3 heteroatoms. The summed E-state index contributed by atoms with van der Waals surface area (Å²) in [5.74, 6) is 0. The molecule has 0 atom stereocenters. The Labute approximate surface area is 98.5 Å². The summed E-state index contributed by atoms with van der Waals surface area (Å²) in [5, 5.41) is 0. The first-order valence-corrected chi connectivity index (χ1v) is 5.99. The Morgan fingerprint density at radius 3 is 2.60 bits per heavy atom. The van der Waals surface area contributed by atoms with Gasteiger partial charge in [0.05, 0.1) is 4.34 Å². The lowest BCUT2D eigenvalue weighted by Crippen LogP contribution is -1.96. The number of nitrogens with two attached hydrogens (primary N) is 1. The van der Waals surface area contributed by atoms with Gasteiger partial charge in [0.15, 0.2) is 0 Å². The van der Waals surface area contributed by atoms with Crippen LogP contribution in [0.2, 0.25) is 4.34 Å². The SMILES string of the molecule is NCc1cccc(Cc2ccc(Cl)s2)c1. The van der Waals surface area contributed by atoms with E-state index in [2.05, 4.69) is 18.2 Å². The zero-order valence-corrected chi connectivity index (χ0v) is 9.81. The molecule has 0 aliphatic rings. The molecule has 0 bridgehead atoms. The number of halogens is 1. The van der Waals surface area contributed by atoms with Gasteiger partial charge in [0.25, 0.3) is 0 Å². The largest absolute Gasteiger partial charge is 0.326 e. The minimum absolute atomic E-state index is 0.596. The van der Waals surface area contributed by atoms with Gasteiger partial charge in [-0.25, -0.2) is 0 Å². The third-order valence-electron chi connectivity index (χ3n) is 2.23. The molecule has 0 saturated carbocycles. The first-order valence-electron chi connectivity index (χ1n) is 4.80. The highest BCUT2D eigenvalue weighted by molar-refractivity contribution is 7.16. The molecule has 1 aromatic carbocycles. The van der Waals surface area contributed by atoms with E-state index in [0.29, 0.717) is 6.54 Å². The van der Waals surface area contributed by atoms with Crippen molar-refractivity contribution in [3.8, 4) is 0 Å². The number of hydrogen-bond acceptors (Lipinski definition) is 2. The summed E-state index contributed by atoms with van der Waals surface area (Å²) >= 11 is 7.51. The predicted molar refractivity (Wildman–Crippen MR) is 66.5 cm³/mol. The van der Waals surface area contributed by atoms with Gasteiger partial charge in [0.1, 0.15) is 0 Å². The van der Waals surface area contributed by atoms with Gasteiger partial charge < -0.3 is 5.73 Å². The van der Waals surface area contributed by atoms with E-state index in [1.165, 1.54) is 16.0 Å². The third kappa shape index (κ3) is 2.81. The highest BCUT2D eigenvalue weighted by Crippen LogP contribution is 2.23. The van der Waals surface area contributed by atoms with Crippen molar-refractivity contribution in [2.75, 3.05) is 0 Å². The van der Waals surface area contributed by atoms with Crippen molar-refractivity contribution in [3.05, 3.63) is 56.7 Å². The lowest BCUT2D eigenvalue weighted by atomic mass is 10.1. The Kier molecular flexibility index (Phi) is 3.41. The maximum atomic E-state index is 5.88. The Morgan fingerprint density at radius 2 is 1.93 bits per heavy atom. The Bertz CT molecular complexity index is 450. The molecule has 0 amide bonds. The van der Waals surface area contributed by atoms with Crippen molar-refractivity contribution >= 4 is 22.9 Å². The second-order valence-electron chi connectivity index (χ2n) is 3.41. The van der Waals surface area contributed by atoms with Crippen LogP contribution in [0.3, 0.4) is 0 Å². The minimum Gasteiger partial charge on any atom is -0.326 e. The topological polar surface area (TPSA) is 26.0 Å². The lowest BCUT2D eigenvalue weighted by Gasteiger charge is -2.01. The molecule has 0 spiro atoms. The summed E-state index contributed by atoms with van der Waals surface area (Å²) in [7, 11) is 0. The van der Waals surface area contributed by atoms with Crippen molar-refractivity contribution in [3.63, 3.8) is 0 Å². The van der Waals surface area contributed by atoms with Crippen LogP contribution in [0.5, 0.6) is 0 Å². The molecule has 2 N–H and O–H groups in total. The van der Waals surface area contributed by atoms with E-state index in [1.54, 1.807) is 11.3 Å². The van der Waals surface area contributed by atoms with Crippen LogP contribution in [0.15, 0.2) is 36.4 Å². The van der Waals surface area contributed by atoms with E-state index in [9.17, 15) is 0 Å². The van der Waals surface area contributed by atoms with Gasteiger partial charge in [-0.3, -0.25) is 0 Å². The van der Waals surface area contributed by atoms with Crippen molar-refractivity contribution < 1.29 is 0 Å². The molecule has 0 aliphatic carbocycles. The van der Waals surface area contributed by atoms with Crippen molar-refractivity contribution in [1.29, 1.82) is 0 Å². The number of benzene rings is 1. The molecule has 1 heterocycles. The average Bonchev–Trinajstić information content (AvgIpc) is 2.64. The molecular formula is C12H12ClNS. The van der Waals surface area contributed by atoms with Gasteiger partial charge in [-0.2, -0.15) is 0 Å². The number of hydrogen-bond donors (Lipinski definition) is 1.